The van der Waals surface area contributed by atoms with Crippen LogP contribution in [0.25, 0.3) is 10.8 Å². The van der Waals surface area contributed by atoms with Crippen LogP contribution in [0.2, 0.25) is 5.02 Å². The van der Waals surface area contributed by atoms with E-state index in [0.29, 0.717) is 17.2 Å². The van der Waals surface area contributed by atoms with Gasteiger partial charge in [-0.25, -0.2) is 4.79 Å². The van der Waals surface area contributed by atoms with Gasteiger partial charge in [0.05, 0.1) is 12.2 Å². The molecule has 2 aromatic rings. The van der Waals surface area contributed by atoms with E-state index in [-0.39, 0.29) is 5.97 Å². The molecule has 0 radical (unpaired) electrons. The van der Waals surface area contributed by atoms with Crippen molar-refractivity contribution in [3.8, 4) is 0 Å². The monoisotopic (exact) mass is 248 g/mol. The number of fused-ring (bicyclic) bond motifs is 1. The molecule has 0 saturated heterocycles. The molecule has 0 amide bonds. The third-order valence-electron chi connectivity index (χ3n) is 2.66. The van der Waals surface area contributed by atoms with Gasteiger partial charge in [0.15, 0.2) is 0 Å². The minimum absolute atomic E-state index is 0.308. The molecule has 2 aromatic carbocycles. The van der Waals surface area contributed by atoms with Gasteiger partial charge in [0.2, 0.25) is 0 Å². The SMILES string of the molecule is CCOC(=O)c1cc(C)c2cccc(Cl)c2c1. The number of aryl methyl sites for hydroxylation is 1. The molecule has 0 aromatic heterocycles. The van der Waals surface area contributed by atoms with Crippen LogP contribution in [-0.2, 0) is 4.74 Å². The zero-order valence-corrected chi connectivity index (χ0v) is 10.5. The highest BCUT2D eigenvalue weighted by molar-refractivity contribution is 6.35. The predicted molar refractivity (Wildman–Crippen MR) is 69.7 cm³/mol. The van der Waals surface area contributed by atoms with Crippen molar-refractivity contribution >= 4 is 28.3 Å². The van der Waals surface area contributed by atoms with Crippen LogP contribution >= 0.6 is 11.6 Å². The fraction of sp³-hybridized carbons (Fsp3) is 0.214. The van der Waals surface area contributed by atoms with Crippen molar-refractivity contribution in [3.63, 3.8) is 0 Å². The Kier molecular flexibility index (Phi) is 3.34. The first-order valence-electron chi connectivity index (χ1n) is 5.49. The average molecular weight is 249 g/mol. The first kappa shape index (κ1) is 11.9. The van der Waals surface area contributed by atoms with Crippen molar-refractivity contribution in [3.05, 3.63) is 46.5 Å². The van der Waals surface area contributed by atoms with Gasteiger partial charge in [-0.1, -0.05) is 23.7 Å². The third-order valence-corrected chi connectivity index (χ3v) is 2.99. The summed E-state index contributed by atoms with van der Waals surface area (Å²) in [5.74, 6) is -0.308. The minimum atomic E-state index is -0.308. The zero-order chi connectivity index (χ0) is 12.4. The summed E-state index contributed by atoms with van der Waals surface area (Å²) in [4.78, 5) is 11.7. The first-order chi connectivity index (χ1) is 8.13. The number of ether oxygens (including phenoxy) is 1. The summed E-state index contributed by atoms with van der Waals surface area (Å²) in [6.07, 6.45) is 0. The lowest BCUT2D eigenvalue weighted by molar-refractivity contribution is 0.0526. The van der Waals surface area contributed by atoms with Gasteiger partial charge in [-0.05, 0) is 43.0 Å². The Morgan fingerprint density at radius 1 is 1.29 bits per heavy atom. The molecule has 0 unspecified atom stereocenters. The molecule has 0 aliphatic rings. The summed E-state index contributed by atoms with van der Waals surface area (Å²) >= 11 is 6.13. The number of benzene rings is 2. The molecule has 0 fully saturated rings. The minimum Gasteiger partial charge on any atom is -0.462 e. The van der Waals surface area contributed by atoms with Gasteiger partial charge in [-0.15, -0.1) is 0 Å². The highest BCUT2D eigenvalue weighted by atomic mass is 35.5. The topological polar surface area (TPSA) is 26.3 Å². The summed E-state index contributed by atoms with van der Waals surface area (Å²) in [7, 11) is 0. The largest absolute Gasteiger partial charge is 0.462 e. The van der Waals surface area contributed by atoms with Crippen LogP contribution in [0.5, 0.6) is 0 Å². The molecule has 0 spiro atoms. The van der Waals surface area contributed by atoms with E-state index in [2.05, 4.69) is 0 Å². The summed E-state index contributed by atoms with van der Waals surface area (Å²) < 4.78 is 4.99. The highest BCUT2D eigenvalue weighted by Gasteiger charge is 2.10. The van der Waals surface area contributed by atoms with E-state index in [0.717, 1.165) is 16.3 Å². The van der Waals surface area contributed by atoms with Crippen LogP contribution in [0.15, 0.2) is 30.3 Å². The molecule has 0 saturated carbocycles. The lowest BCUT2D eigenvalue weighted by atomic mass is 10.0. The van der Waals surface area contributed by atoms with Crippen molar-refractivity contribution in [1.82, 2.24) is 0 Å². The Morgan fingerprint density at radius 2 is 2.06 bits per heavy atom. The van der Waals surface area contributed by atoms with Gasteiger partial charge in [0.25, 0.3) is 0 Å². The van der Waals surface area contributed by atoms with E-state index in [4.69, 9.17) is 16.3 Å². The molecule has 0 bridgehead atoms. The summed E-state index contributed by atoms with van der Waals surface area (Å²) in [5, 5.41) is 2.60. The van der Waals surface area contributed by atoms with Crippen molar-refractivity contribution in [2.75, 3.05) is 6.61 Å². The highest BCUT2D eigenvalue weighted by Crippen LogP contribution is 2.27. The molecule has 0 heterocycles. The molecular formula is C14H13ClO2. The molecule has 3 heteroatoms. The number of carbonyl (C=O) groups is 1. The fourth-order valence-corrected chi connectivity index (χ4v) is 2.10. The van der Waals surface area contributed by atoms with Crippen molar-refractivity contribution in [2.24, 2.45) is 0 Å². The first-order valence-corrected chi connectivity index (χ1v) is 5.87. The summed E-state index contributed by atoms with van der Waals surface area (Å²) in [6.45, 7) is 4.12. The van der Waals surface area contributed by atoms with E-state index in [1.807, 2.05) is 31.2 Å². The number of rotatable bonds is 2. The Balaban J connectivity index is 2.62. The number of esters is 1. The second-order valence-corrected chi connectivity index (χ2v) is 4.26. The molecule has 0 atom stereocenters. The molecule has 2 rings (SSSR count). The van der Waals surface area contributed by atoms with Crippen LogP contribution in [-0.4, -0.2) is 12.6 Å². The molecule has 0 aliphatic heterocycles. The van der Waals surface area contributed by atoms with Crippen molar-refractivity contribution in [1.29, 1.82) is 0 Å². The normalized spacial score (nSPS) is 10.5. The van der Waals surface area contributed by atoms with Crippen LogP contribution in [0.4, 0.5) is 0 Å². The fourth-order valence-electron chi connectivity index (χ4n) is 1.87. The standard InChI is InChI=1S/C14H13ClO2/c1-3-17-14(16)10-7-9(2)11-5-4-6-13(15)12(11)8-10/h4-8H,3H2,1-2H3. The Labute approximate surface area is 105 Å². The van der Waals surface area contributed by atoms with E-state index < -0.39 is 0 Å². The average Bonchev–Trinajstić information content (AvgIpc) is 2.30. The Hall–Kier alpha value is -1.54. The zero-order valence-electron chi connectivity index (χ0n) is 9.79. The quantitative estimate of drug-likeness (QED) is 0.752. The van der Waals surface area contributed by atoms with Crippen LogP contribution in [0, 0.1) is 6.92 Å². The molecule has 0 aliphatic carbocycles. The van der Waals surface area contributed by atoms with Gasteiger partial charge in [0.1, 0.15) is 0 Å². The number of hydrogen-bond donors (Lipinski definition) is 0. The maximum atomic E-state index is 11.7. The maximum Gasteiger partial charge on any atom is 0.338 e. The molecule has 0 N–H and O–H groups in total. The van der Waals surface area contributed by atoms with Crippen LogP contribution in [0.1, 0.15) is 22.8 Å². The van der Waals surface area contributed by atoms with Gasteiger partial charge in [-0.2, -0.15) is 0 Å². The Bertz CT molecular complexity index is 576. The Morgan fingerprint density at radius 3 is 2.76 bits per heavy atom. The summed E-state index contributed by atoms with van der Waals surface area (Å²) in [5.41, 5.74) is 1.57. The predicted octanol–water partition coefficient (Wildman–Crippen LogP) is 3.98. The smallest absolute Gasteiger partial charge is 0.338 e. The van der Waals surface area contributed by atoms with Gasteiger partial charge in [0, 0.05) is 10.4 Å². The van der Waals surface area contributed by atoms with E-state index >= 15 is 0 Å². The number of halogens is 1. The van der Waals surface area contributed by atoms with Crippen molar-refractivity contribution < 1.29 is 9.53 Å². The number of carbonyl (C=O) groups excluding carboxylic acids is 1. The number of hydrogen-bond acceptors (Lipinski definition) is 2. The lowest BCUT2D eigenvalue weighted by Gasteiger charge is -2.08. The van der Waals surface area contributed by atoms with Gasteiger partial charge >= 0.3 is 5.97 Å². The molecule has 88 valence electrons. The van der Waals surface area contributed by atoms with Gasteiger partial charge in [-0.3, -0.25) is 0 Å². The van der Waals surface area contributed by atoms with Crippen LogP contribution in [0.3, 0.4) is 0 Å². The van der Waals surface area contributed by atoms with Crippen molar-refractivity contribution in [2.45, 2.75) is 13.8 Å². The third kappa shape index (κ3) is 2.27. The lowest BCUT2D eigenvalue weighted by Crippen LogP contribution is -2.04. The maximum absolute atomic E-state index is 11.7. The van der Waals surface area contributed by atoms with Crippen LogP contribution < -0.4 is 0 Å². The van der Waals surface area contributed by atoms with E-state index in [9.17, 15) is 4.79 Å². The molecular weight excluding hydrogens is 236 g/mol. The summed E-state index contributed by atoms with van der Waals surface area (Å²) in [6, 6.07) is 9.32. The van der Waals surface area contributed by atoms with E-state index in [1.54, 1.807) is 13.0 Å². The molecule has 17 heavy (non-hydrogen) atoms. The van der Waals surface area contributed by atoms with Gasteiger partial charge < -0.3 is 4.74 Å². The molecule has 2 nitrogen and oxygen atoms in total. The van der Waals surface area contributed by atoms with E-state index in [1.165, 1.54) is 0 Å². The second kappa shape index (κ2) is 4.76. The second-order valence-electron chi connectivity index (χ2n) is 3.85.